The molecule has 4 rings (SSSR count). The van der Waals surface area contributed by atoms with Crippen molar-refractivity contribution in [2.75, 3.05) is 64.7 Å². The second kappa shape index (κ2) is 35.5. The van der Waals surface area contributed by atoms with Crippen LogP contribution in [-0.4, -0.2) is 111 Å². The predicted molar refractivity (Wildman–Crippen MR) is 271 cm³/mol. The number of aromatic nitrogens is 3. The molecule has 1 aromatic heterocycles. The van der Waals surface area contributed by atoms with Gasteiger partial charge in [-0.1, -0.05) is 115 Å². The zero-order valence-corrected chi connectivity index (χ0v) is 42.2. The van der Waals surface area contributed by atoms with Crippen LogP contribution in [0.4, 0.5) is 5.69 Å². The Labute approximate surface area is 414 Å². The molecular formula is C49H78N8O10PS-. The Morgan fingerprint density at radius 1 is 0.681 bits per heavy atom. The Hall–Kier alpha value is -4.62. The highest BCUT2D eigenvalue weighted by atomic mass is 32.5. The maximum Gasteiger partial charge on any atom is 0.227 e. The molecule has 18 nitrogen and oxygen atoms in total. The van der Waals surface area contributed by atoms with Crippen LogP contribution in [0.1, 0.15) is 130 Å². The summed E-state index contributed by atoms with van der Waals surface area (Å²) in [5.74, 6) is -0.395. The quantitative estimate of drug-likeness (QED) is 0.0326. The molecule has 1 unspecified atom stereocenters. The number of hydrogen-bond donors (Lipinski definition) is 5. The van der Waals surface area contributed by atoms with Crippen molar-refractivity contribution in [2.24, 2.45) is 0 Å². The van der Waals surface area contributed by atoms with Crippen LogP contribution in [0.15, 0.2) is 48.5 Å². The summed E-state index contributed by atoms with van der Waals surface area (Å²) >= 11 is 4.67. The number of amides is 5. The first kappa shape index (κ1) is 60.5. The number of benzene rings is 2. The molecule has 1 atom stereocenters. The van der Waals surface area contributed by atoms with E-state index in [0.717, 1.165) is 85.9 Å². The maximum absolute atomic E-state index is 13.4. The summed E-state index contributed by atoms with van der Waals surface area (Å²) < 4.78 is 20.8. The van der Waals surface area contributed by atoms with Crippen molar-refractivity contribution in [3.05, 3.63) is 54.1 Å². The van der Waals surface area contributed by atoms with Crippen molar-refractivity contribution in [1.82, 2.24) is 36.7 Å². The topological polar surface area (TPSA) is 238 Å². The van der Waals surface area contributed by atoms with Gasteiger partial charge in [-0.3, -0.25) is 24.0 Å². The van der Waals surface area contributed by atoms with Crippen molar-refractivity contribution in [1.29, 1.82) is 0 Å². The fraction of sp³-hybridized carbons (Fsp3) is 0.612. The van der Waals surface area contributed by atoms with E-state index in [1.54, 1.807) is 4.90 Å². The molecule has 0 radical (unpaired) electrons. The third-order valence-electron chi connectivity index (χ3n) is 10.7. The lowest BCUT2D eigenvalue weighted by molar-refractivity contribution is -0.204. The van der Waals surface area contributed by atoms with Crippen LogP contribution < -0.4 is 31.1 Å². The SMILES string of the molecule is C.CCCCCCC(=O)NC(COCCC(=O)NCCC)COCCC(=O)NCCC.COP([O-])(=S)OCCCCCCNC(=O)CCC(=O)N1Cc2ccccc2-c2n[nH]nc2-c2ccccc21. The van der Waals surface area contributed by atoms with Gasteiger partial charge in [0.1, 0.15) is 18.1 Å². The average Bonchev–Trinajstić information content (AvgIpc) is 3.82. The lowest BCUT2D eigenvalue weighted by Gasteiger charge is -2.28. The van der Waals surface area contributed by atoms with Crippen LogP contribution in [0.2, 0.25) is 0 Å². The van der Waals surface area contributed by atoms with Crippen molar-refractivity contribution in [3.8, 4) is 22.5 Å². The second-order valence-electron chi connectivity index (χ2n) is 16.3. The first-order chi connectivity index (χ1) is 32.9. The Kier molecular flexibility index (Phi) is 31.1. The summed E-state index contributed by atoms with van der Waals surface area (Å²) in [6.07, 6.45) is 10.5. The Morgan fingerprint density at radius 3 is 1.88 bits per heavy atom. The number of ether oxygens (including phenoxy) is 2. The van der Waals surface area contributed by atoms with Crippen LogP contribution >= 0.6 is 6.72 Å². The molecule has 69 heavy (non-hydrogen) atoms. The molecule has 0 saturated heterocycles. The third-order valence-corrected chi connectivity index (χ3v) is 12.4. The van der Waals surface area contributed by atoms with Crippen molar-refractivity contribution in [3.63, 3.8) is 0 Å². The molecule has 20 heteroatoms. The predicted octanol–water partition coefficient (Wildman–Crippen LogP) is 6.63. The molecule has 0 bridgehead atoms. The van der Waals surface area contributed by atoms with Gasteiger partial charge in [0, 0.05) is 70.0 Å². The molecule has 386 valence electrons. The highest BCUT2D eigenvalue weighted by Gasteiger charge is 2.28. The van der Waals surface area contributed by atoms with E-state index < -0.39 is 6.72 Å². The number of nitrogens with one attached hydrogen (secondary N) is 5. The number of unbranched alkanes of at least 4 members (excludes halogenated alkanes) is 6. The van der Waals surface area contributed by atoms with Gasteiger partial charge in [-0.25, -0.2) is 0 Å². The van der Waals surface area contributed by atoms with Crippen LogP contribution in [0, 0.1) is 0 Å². The lowest BCUT2D eigenvalue weighted by atomic mass is 9.95. The molecule has 1 aliphatic rings. The first-order valence-electron chi connectivity index (χ1n) is 24.1. The molecule has 0 spiro atoms. The second-order valence-corrected chi connectivity index (χ2v) is 19.2. The number of H-pyrrole nitrogens is 1. The van der Waals surface area contributed by atoms with Crippen LogP contribution in [0.25, 0.3) is 22.5 Å². The number of carbonyl (C=O) groups is 5. The van der Waals surface area contributed by atoms with E-state index in [4.69, 9.17) is 14.0 Å². The summed E-state index contributed by atoms with van der Waals surface area (Å²) in [7, 11) is 1.27. The average molecular weight is 1000 g/mol. The highest BCUT2D eigenvalue weighted by Crippen LogP contribution is 2.40. The number of carbonyl (C=O) groups excluding carboxylic acids is 5. The molecule has 0 saturated carbocycles. The lowest BCUT2D eigenvalue weighted by Crippen LogP contribution is -2.42. The van der Waals surface area contributed by atoms with Gasteiger partial charge < -0.3 is 49.6 Å². The molecule has 0 fully saturated rings. The monoisotopic (exact) mass is 1000 g/mol. The van der Waals surface area contributed by atoms with Gasteiger partial charge >= 0.3 is 0 Å². The normalized spacial score (nSPS) is 12.3. The minimum atomic E-state index is -3.34. The van der Waals surface area contributed by atoms with E-state index in [9.17, 15) is 28.9 Å². The van der Waals surface area contributed by atoms with Crippen molar-refractivity contribution in [2.45, 2.75) is 137 Å². The zero-order valence-electron chi connectivity index (χ0n) is 40.4. The van der Waals surface area contributed by atoms with Gasteiger partial charge in [-0.15, -0.1) is 0 Å². The molecule has 5 amide bonds. The minimum absolute atomic E-state index is 0. The van der Waals surface area contributed by atoms with E-state index in [1.165, 1.54) is 7.11 Å². The Balaban J connectivity index is 0.000000482. The van der Waals surface area contributed by atoms with E-state index in [2.05, 4.69) is 59.9 Å². The molecule has 2 aromatic carbocycles. The van der Waals surface area contributed by atoms with Crippen LogP contribution in [-0.2, 0) is 60.8 Å². The van der Waals surface area contributed by atoms with Crippen LogP contribution in [0.5, 0.6) is 0 Å². The number of rotatable bonds is 32. The number of aromatic amines is 1. The van der Waals surface area contributed by atoms with Gasteiger partial charge in [0.2, 0.25) is 29.5 Å². The molecule has 3 aromatic rings. The summed E-state index contributed by atoms with van der Waals surface area (Å²) in [5, 5.41) is 22.9. The smallest absolute Gasteiger partial charge is 0.227 e. The first-order valence-corrected chi connectivity index (χ1v) is 26.6. The largest absolute Gasteiger partial charge is 0.780 e. The number of para-hydroxylation sites is 1. The van der Waals surface area contributed by atoms with Gasteiger partial charge in [0.15, 0.2) is 0 Å². The van der Waals surface area contributed by atoms with E-state index in [-0.39, 0.29) is 102 Å². The fourth-order valence-electron chi connectivity index (χ4n) is 6.99. The van der Waals surface area contributed by atoms with Gasteiger partial charge in [0.25, 0.3) is 0 Å². The van der Waals surface area contributed by atoms with Gasteiger partial charge in [-0.05, 0) is 43.7 Å². The van der Waals surface area contributed by atoms with Gasteiger partial charge in [0.05, 0.1) is 51.3 Å². The molecule has 2 heterocycles. The number of nitrogens with zero attached hydrogens (tertiary/aromatic N) is 3. The maximum atomic E-state index is 13.4. The summed E-state index contributed by atoms with van der Waals surface area (Å²) in [4.78, 5) is 74.5. The number of anilines is 1. The van der Waals surface area contributed by atoms with E-state index in [1.807, 2.05) is 62.4 Å². The van der Waals surface area contributed by atoms with Crippen molar-refractivity contribution >= 4 is 53.7 Å². The molecule has 5 N–H and O–H groups in total. The highest BCUT2D eigenvalue weighted by molar-refractivity contribution is 8.06. The number of fused-ring (bicyclic) bond motifs is 5. The standard InChI is InChI=1S/C26H32N5O5PS.C22H43N3O5.CH4/c1-35-37(34,38)36-17-9-3-2-8-16-27-23(32)14-15-24(33)31-18-19-10-4-5-11-20(19)25-26(29-30-28-25)21-12-6-7-13-22(21)31;1-4-7-8-9-10-22(28)25-19(17-29-15-11-20(26)23-13-5-2)18-30-16-12-21(27)24-14-6-3;/h4-7,10-13H,2-3,8-9,14-18H2,1H3,(H,27,32)(H,34,38)(H,28,29,30);19H,4-18H2,1-3H3,(H,23,26)(H,24,27)(H,25,28);1H4/p-1. The summed E-state index contributed by atoms with van der Waals surface area (Å²) in [6, 6.07) is 15.1. The summed E-state index contributed by atoms with van der Waals surface area (Å²) in [5.41, 5.74) is 4.87. The molecule has 0 aliphatic carbocycles. The molecular weight excluding hydrogens is 924 g/mol. The third kappa shape index (κ3) is 24.2. The Morgan fingerprint density at radius 2 is 1.25 bits per heavy atom. The van der Waals surface area contributed by atoms with E-state index >= 15 is 0 Å². The zero-order chi connectivity index (χ0) is 49.4. The van der Waals surface area contributed by atoms with E-state index in [0.29, 0.717) is 44.7 Å². The number of hydrogen-bond acceptors (Lipinski definition) is 13. The van der Waals surface area contributed by atoms with Crippen LogP contribution in [0.3, 0.4) is 0 Å². The van der Waals surface area contributed by atoms with Crippen molar-refractivity contribution < 1.29 is 47.4 Å². The minimum Gasteiger partial charge on any atom is -0.780 e. The summed E-state index contributed by atoms with van der Waals surface area (Å²) in [6.45, 7) is 6.42. The Bertz CT molecular complexity index is 2000. The fourth-order valence-corrected chi connectivity index (χ4v) is 7.68. The van der Waals surface area contributed by atoms with Gasteiger partial charge in [-0.2, -0.15) is 15.4 Å². The molecule has 1 aliphatic heterocycles.